The zero-order valence-corrected chi connectivity index (χ0v) is 26.6. The first-order valence-corrected chi connectivity index (χ1v) is 15.9. The Kier molecular flexibility index (Phi) is 9.13. The highest BCUT2D eigenvalue weighted by atomic mass is 79.9. The van der Waals surface area contributed by atoms with Gasteiger partial charge >= 0.3 is 0 Å². The van der Waals surface area contributed by atoms with Crippen LogP contribution in [0.4, 0.5) is 0 Å². The van der Waals surface area contributed by atoms with Crippen LogP contribution >= 0.6 is 66.7 Å². The number of halogens is 2. The first-order valence-electron chi connectivity index (χ1n) is 12.0. The van der Waals surface area contributed by atoms with Crippen molar-refractivity contribution < 1.29 is 19.0 Å². The molecule has 2 fully saturated rings. The Morgan fingerprint density at radius 2 is 1.82 bits per heavy atom. The van der Waals surface area contributed by atoms with Gasteiger partial charge in [0.2, 0.25) is 0 Å². The minimum Gasteiger partial charge on any atom is -0.382 e. The molecular weight excluding hydrogens is 674 g/mol. The van der Waals surface area contributed by atoms with Crippen molar-refractivity contribution in [3.8, 4) is 0 Å². The van der Waals surface area contributed by atoms with Gasteiger partial charge in [-0.25, -0.2) is 8.70 Å². The first-order chi connectivity index (χ1) is 18.3. The molecule has 0 bridgehead atoms. The van der Waals surface area contributed by atoms with E-state index in [-0.39, 0.29) is 11.4 Å². The van der Waals surface area contributed by atoms with Gasteiger partial charge in [-0.1, -0.05) is 6.58 Å². The highest BCUT2D eigenvalue weighted by Gasteiger charge is 2.59. The van der Waals surface area contributed by atoms with Gasteiger partial charge in [-0.2, -0.15) is 0 Å². The normalized spacial score (nSPS) is 24.9. The quantitative estimate of drug-likeness (QED) is 0.112. The maximum absolute atomic E-state index is 14.1. The molecule has 0 aliphatic carbocycles. The van der Waals surface area contributed by atoms with Crippen molar-refractivity contribution in [2.75, 3.05) is 53.2 Å². The van der Waals surface area contributed by atoms with Gasteiger partial charge in [0.25, 0.3) is 5.91 Å². The minimum atomic E-state index is -0.179. The smallest absolute Gasteiger partial charge is 0.259 e. The lowest BCUT2D eigenvalue weighted by Crippen LogP contribution is -2.29. The van der Waals surface area contributed by atoms with Crippen LogP contribution in [0.3, 0.4) is 0 Å². The number of carbonyl (C=O) groups is 1. The predicted octanol–water partition coefficient (Wildman–Crippen LogP) is 6.30. The summed E-state index contributed by atoms with van der Waals surface area (Å²) in [5.74, 6) is -0.0771. The molecule has 0 saturated carbocycles. The van der Waals surface area contributed by atoms with Gasteiger partial charge in [0.15, 0.2) is 0 Å². The molecule has 0 spiro atoms. The molecule has 1 amide bonds. The molecule has 3 aliphatic rings. The maximum Gasteiger partial charge on any atom is 0.259 e. The van der Waals surface area contributed by atoms with Crippen LogP contribution in [0, 0.1) is 0 Å². The summed E-state index contributed by atoms with van der Waals surface area (Å²) >= 11 is 11.9. The third-order valence-corrected chi connectivity index (χ3v) is 10.7. The van der Waals surface area contributed by atoms with E-state index in [1.807, 2.05) is 18.2 Å². The molecule has 2 unspecified atom stereocenters. The molecule has 2 atom stereocenters. The first kappa shape index (κ1) is 28.4. The number of amides is 1. The number of hydrogen-bond donors (Lipinski definition) is 0. The van der Waals surface area contributed by atoms with Crippen LogP contribution in [0.2, 0.25) is 0 Å². The number of rotatable bonds is 12. The zero-order chi connectivity index (χ0) is 26.9. The van der Waals surface area contributed by atoms with Crippen LogP contribution in [0.5, 0.6) is 0 Å². The van der Waals surface area contributed by atoms with E-state index in [9.17, 15) is 4.79 Å². The number of fused-ring (bicyclic) bond motifs is 1. The lowest BCUT2D eigenvalue weighted by atomic mass is 9.90. The molecule has 0 aromatic carbocycles. The monoisotopic (exact) mass is 699 g/mol. The molecule has 5 heterocycles. The van der Waals surface area contributed by atoms with Gasteiger partial charge in [0, 0.05) is 46.8 Å². The molecule has 7 nitrogen and oxygen atoms in total. The van der Waals surface area contributed by atoms with Crippen LogP contribution < -0.4 is 0 Å². The topological polar surface area (TPSA) is 63.4 Å². The molecule has 3 aliphatic heterocycles. The second-order valence-corrected chi connectivity index (χ2v) is 14.8. The summed E-state index contributed by atoms with van der Waals surface area (Å²) in [5.41, 5.74) is 3.79. The molecule has 0 N–H and O–H groups in total. The average molecular weight is 702 g/mol. The number of allylic oxidation sites excluding steroid dienone is 1. The number of methoxy groups -OCH3 is 1. The molecule has 38 heavy (non-hydrogen) atoms. The van der Waals surface area contributed by atoms with Crippen LogP contribution in [0.1, 0.15) is 16.7 Å². The second kappa shape index (κ2) is 12.2. The van der Waals surface area contributed by atoms with Crippen molar-refractivity contribution in [1.82, 2.24) is 9.21 Å². The lowest BCUT2D eigenvalue weighted by Gasteiger charge is -2.17. The van der Waals surface area contributed by atoms with Gasteiger partial charge in [0.05, 0.1) is 69.6 Å². The number of ether oxygens (including phenoxy) is 3. The van der Waals surface area contributed by atoms with E-state index in [2.05, 4.69) is 61.8 Å². The van der Waals surface area contributed by atoms with Gasteiger partial charge in [0.1, 0.15) is 0 Å². The summed E-state index contributed by atoms with van der Waals surface area (Å²) in [6, 6.07) is 8.13. The van der Waals surface area contributed by atoms with Crippen molar-refractivity contribution in [1.29, 1.82) is 0 Å². The summed E-state index contributed by atoms with van der Waals surface area (Å²) in [7, 11) is 1.64. The van der Waals surface area contributed by atoms with Crippen molar-refractivity contribution in [2.45, 2.75) is 12.5 Å². The molecule has 202 valence electrons. The fourth-order valence-electron chi connectivity index (χ4n) is 4.33. The SMILES string of the molecule is C=C1C(=C\c2ccc(Br)s2)/C(=C(\C2=NSN3CC23C)c2ccc(Br)s2)C(=O)N1CCOCCOCCOC. The van der Waals surface area contributed by atoms with Gasteiger partial charge in [-0.3, -0.25) is 4.79 Å². The Balaban J connectivity index is 1.48. The highest BCUT2D eigenvalue weighted by Crippen LogP contribution is 2.53. The van der Waals surface area contributed by atoms with Crippen molar-refractivity contribution in [2.24, 2.45) is 4.40 Å². The molecule has 2 aromatic heterocycles. The summed E-state index contributed by atoms with van der Waals surface area (Å²) < 4.78 is 25.3. The van der Waals surface area contributed by atoms with Gasteiger partial charge in [-0.15, -0.1) is 22.7 Å². The van der Waals surface area contributed by atoms with E-state index in [1.54, 1.807) is 34.7 Å². The third-order valence-electron chi connectivity index (χ3n) is 6.45. The molecule has 0 radical (unpaired) electrons. The Hall–Kier alpha value is -1.09. The Bertz CT molecular complexity index is 1330. The standard InChI is InChI=1S/C26H27Br2N3O4S3/c1-16-18(14-17-4-6-20(27)36-17)22(25(32)30(16)8-9-34-12-13-35-11-10-33-3)23(19-5-7-21(28)37-19)24-26(2)15-31(26)38-29-24/h4-7,14H,1,8-13,15H2,2-3H3/b18-14+,23-22+. The number of nitrogens with zero attached hydrogens (tertiary/aromatic N) is 3. The summed E-state index contributed by atoms with van der Waals surface area (Å²) in [6.45, 7) is 10.2. The molecule has 12 heteroatoms. The van der Waals surface area contributed by atoms with E-state index in [0.29, 0.717) is 50.8 Å². The second-order valence-electron chi connectivity index (χ2n) is 9.01. The van der Waals surface area contributed by atoms with Crippen molar-refractivity contribution in [3.63, 3.8) is 0 Å². The highest BCUT2D eigenvalue weighted by molar-refractivity contribution is 9.11. The van der Waals surface area contributed by atoms with E-state index >= 15 is 0 Å². The Morgan fingerprint density at radius 3 is 2.42 bits per heavy atom. The molecule has 2 aromatic rings. The van der Waals surface area contributed by atoms with E-state index in [0.717, 1.165) is 40.7 Å². The third kappa shape index (κ3) is 5.84. The molecule has 5 rings (SSSR count). The van der Waals surface area contributed by atoms with Gasteiger partial charge in [-0.05, 0) is 69.1 Å². The van der Waals surface area contributed by atoms with E-state index in [1.165, 1.54) is 12.1 Å². The zero-order valence-electron chi connectivity index (χ0n) is 21.0. The van der Waals surface area contributed by atoms with Crippen molar-refractivity contribution in [3.05, 3.63) is 65.0 Å². The molecular formula is C26H27Br2N3O4S3. The number of hydrogen-bond acceptors (Lipinski definition) is 9. The number of thiophene rings is 2. The van der Waals surface area contributed by atoms with Crippen LogP contribution in [-0.2, 0) is 19.0 Å². The fourth-order valence-corrected chi connectivity index (χ4v) is 8.18. The van der Waals surface area contributed by atoms with Crippen LogP contribution in [0.15, 0.2) is 59.7 Å². The van der Waals surface area contributed by atoms with Crippen molar-refractivity contribution >= 4 is 89.9 Å². The number of likely N-dealkylation sites (tertiary alicyclic amines) is 1. The lowest BCUT2D eigenvalue weighted by molar-refractivity contribution is -0.124. The van der Waals surface area contributed by atoms with E-state index < -0.39 is 0 Å². The van der Waals surface area contributed by atoms with E-state index in [4.69, 9.17) is 18.6 Å². The fraction of sp³-hybridized carbons (Fsp3) is 0.385. The molecule has 2 saturated heterocycles. The summed E-state index contributed by atoms with van der Waals surface area (Å²) in [6.07, 6.45) is 2.06. The Labute approximate surface area is 251 Å². The predicted molar refractivity (Wildman–Crippen MR) is 163 cm³/mol. The Morgan fingerprint density at radius 1 is 1.11 bits per heavy atom. The summed E-state index contributed by atoms with van der Waals surface area (Å²) in [5, 5.41) is 0. The maximum atomic E-state index is 14.1. The summed E-state index contributed by atoms with van der Waals surface area (Å²) in [4.78, 5) is 17.9. The minimum absolute atomic E-state index is 0.0771. The number of carbonyl (C=O) groups excluding carboxylic acids is 1. The van der Waals surface area contributed by atoms with Gasteiger partial charge < -0.3 is 19.1 Å². The van der Waals surface area contributed by atoms with Crippen LogP contribution in [-0.4, -0.2) is 79.6 Å². The van der Waals surface area contributed by atoms with Crippen LogP contribution in [0.25, 0.3) is 11.6 Å². The largest absolute Gasteiger partial charge is 0.382 e. The average Bonchev–Trinajstić information content (AvgIpc) is 3.27.